The third-order valence-corrected chi connectivity index (χ3v) is 12.1. The molecule has 3 amide bonds. The first kappa shape index (κ1) is 27.6. The molecule has 47 heavy (non-hydrogen) atoms. The second-order valence-corrected chi connectivity index (χ2v) is 14.5. The molecule has 7 aliphatic rings. The second kappa shape index (κ2) is 10.0. The molecule has 2 atom stereocenters. The van der Waals surface area contributed by atoms with Crippen molar-refractivity contribution in [3.8, 4) is 0 Å². The third kappa shape index (κ3) is 3.70. The van der Waals surface area contributed by atoms with Crippen LogP contribution in [0.5, 0.6) is 0 Å². The van der Waals surface area contributed by atoms with Gasteiger partial charge in [0.25, 0.3) is 5.91 Å². The van der Waals surface area contributed by atoms with Crippen LogP contribution in [0.25, 0.3) is 33.3 Å². The van der Waals surface area contributed by atoms with Gasteiger partial charge in [-0.3, -0.25) is 24.1 Å². The molecule has 1 saturated carbocycles. The highest BCUT2D eigenvalue weighted by molar-refractivity contribution is 6.29. The molecule has 8 heteroatoms. The van der Waals surface area contributed by atoms with E-state index in [4.69, 9.17) is 0 Å². The van der Waals surface area contributed by atoms with Gasteiger partial charge in [0.15, 0.2) is 5.78 Å². The van der Waals surface area contributed by atoms with Crippen molar-refractivity contribution in [2.75, 3.05) is 37.6 Å². The SMILES string of the molecule is O=C1CNC(=O)C2C=Cc3c4c5c6c(ccc5c5c(N7CCCC7)cc1c2c35)C(=O)N(C1CCCCC1)C(=O)C6C=C4N1CCCC1. The molecule has 2 saturated heterocycles. The van der Waals surface area contributed by atoms with Crippen LogP contribution in [0.3, 0.4) is 0 Å². The Morgan fingerprint density at radius 1 is 0.723 bits per heavy atom. The number of hydrogen-bond acceptors (Lipinski definition) is 6. The fourth-order valence-corrected chi connectivity index (χ4v) is 9.98. The van der Waals surface area contributed by atoms with Crippen LogP contribution in [0.4, 0.5) is 5.69 Å². The van der Waals surface area contributed by atoms with Crippen molar-refractivity contribution in [2.45, 2.75) is 75.7 Å². The Balaban J connectivity index is 1.35. The van der Waals surface area contributed by atoms with E-state index in [1.165, 1.54) is 0 Å². The number of hydrogen-bond donors (Lipinski definition) is 1. The maximum Gasteiger partial charge on any atom is 0.261 e. The van der Waals surface area contributed by atoms with Gasteiger partial charge in [0.2, 0.25) is 11.8 Å². The molecule has 4 aliphatic heterocycles. The highest BCUT2D eigenvalue weighted by Gasteiger charge is 2.46. The Labute approximate surface area is 273 Å². The normalized spacial score (nSPS) is 25.3. The molecule has 4 heterocycles. The van der Waals surface area contributed by atoms with Crippen LogP contribution in [-0.4, -0.2) is 72.1 Å². The van der Waals surface area contributed by atoms with Crippen LogP contribution in [-0.2, 0) is 9.59 Å². The number of rotatable bonds is 3. The van der Waals surface area contributed by atoms with Gasteiger partial charge in [-0.15, -0.1) is 0 Å². The summed E-state index contributed by atoms with van der Waals surface area (Å²) in [6, 6.07) is 6.06. The highest BCUT2D eigenvalue weighted by atomic mass is 16.2. The highest BCUT2D eigenvalue weighted by Crippen LogP contribution is 2.54. The first-order chi connectivity index (χ1) is 23.0. The topological polar surface area (TPSA) is 90.0 Å². The minimum Gasteiger partial charge on any atom is -0.371 e. The van der Waals surface area contributed by atoms with Gasteiger partial charge in [-0.25, -0.2) is 0 Å². The van der Waals surface area contributed by atoms with Gasteiger partial charge in [0.05, 0.1) is 18.4 Å². The first-order valence-corrected chi connectivity index (χ1v) is 17.7. The summed E-state index contributed by atoms with van der Waals surface area (Å²) in [5.41, 5.74) is 7.03. The lowest BCUT2D eigenvalue weighted by atomic mass is 9.72. The van der Waals surface area contributed by atoms with E-state index >= 15 is 0 Å². The molecule has 3 aromatic carbocycles. The van der Waals surface area contributed by atoms with Crippen molar-refractivity contribution in [3.63, 3.8) is 0 Å². The van der Waals surface area contributed by atoms with Crippen molar-refractivity contribution in [1.29, 1.82) is 0 Å². The van der Waals surface area contributed by atoms with Gasteiger partial charge in [0, 0.05) is 65.7 Å². The number of amides is 3. The van der Waals surface area contributed by atoms with E-state index in [-0.39, 0.29) is 36.1 Å². The average molecular weight is 627 g/mol. The number of carbonyl (C=O) groups is 4. The lowest BCUT2D eigenvalue weighted by molar-refractivity contribution is -0.132. The zero-order valence-corrected chi connectivity index (χ0v) is 26.6. The molecule has 2 unspecified atom stereocenters. The molecule has 10 rings (SSSR count). The number of carbonyl (C=O) groups excluding carboxylic acids is 4. The Bertz CT molecular complexity index is 2040. The van der Waals surface area contributed by atoms with E-state index in [0.717, 1.165) is 139 Å². The molecule has 1 N–H and O–H groups in total. The average Bonchev–Trinajstić information content (AvgIpc) is 3.82. The van der Waals surface area contributed by atoms with Crippen molar-refractivity contribution >= 4 is 62.5 Å². The minimum absolute atomic E-state index is 0.00721. The Morgan fingerprint density at radius 3 is 2.21 bits per heavy atom. The molecule has 0 radical (unpaired) electrons. The maximum absolute atomic E-state index is 14.6. The zero-order valence-electron chi connectivity index (χ0n) is 26.6. The van der Waals surface area contributed by atoms with Gasteiger partial charge in [-0.05, 0) is 89.6 Å². The smallest absolute Gasteiger partial charge is 0.261 e. The van der Waals surface area contributed by atoms with Crippen LogP contribution < -0.4 is 10.2 Å². The number of imide groups is 1. The van der Waals surface area contributed by atoms with E-state index in [1.54, 1.807) is 4.90 Å². The number of nitrogens with one attached hydrogen (secondary N) is 1. The van der Waals surface area contributed by atoms with E-state index in [2.05, 4.69) is 33.3 Å². The molecule has 238 valence electrons. The van der Waals surface area contributed by atoms with Gasteiger partial charge in [-0.1, -0.05) is 37.5 Å². The molecule has 8 nitrogen and oxygen atoms in total. The summed E-state index contributed by atoms with van der Waals surface area (Å²) in [4.78, 5) is 62.6. The number of fused-ring (bicyclic) bond motifs is 2. The van der Waals surface area contributed by atoms with Gasteiger partial charge in [-0.2, -0.15) is 0 Å². The van der Waals surface area contributed by atoms with Crippen molar-refractivity contribution in [2.24, 2.45) is 0 Å². The summed E-state index contributed by atoms with van der Waals surface area (Å²) in [6.07, 6.45) is 15.5. The largest absolute Gasteiger partial charge is 0.371 e. The predicted molar refractivity (Wildman–Crippen MR) is 182 cm³/mol. The molecule has 0 aromatic heterocycles. The Kier molecular flexibility index (Phi) is 5.89. The van der Waals surface area contributed by atoms with Crippen LogP contribution in [0.2, 0.25) is 0 Å². The summed E-state index contributed by atoms with van der Waals surface area (Å²) >= 11 is 0. The summed E-state index contributed by atoms with van der Waals surface area (Å²) in [7, 11) is 0. The number of benzene rings is 3. The number of nitrogens with zero attached hydrogens (tertiary/aromatic N) is 3. The van der Waals surface area contributed by atoms with E-state index in [9.17, 15) is 19.2 Å². The predicted octanol–water partition coefficient (Wildman–Crippen LogP) is 5.87. The third-order valence-electron chi connectivity index (χ3n) is 12.1. The molecule has 3 aromatic rings. The molecule has 0 spiro atoms. The molecular weight excluding hydrogens is 588 g/mol. The Hall–Kier alpha value is -4.46. The summed E-state index contributed by atoms with van der Waals surface area (Å²) in [5.74, 6) is -1.53. The number of likely N-dealkylation sites (tertiary alicyclic amines) is 1. The Morgan fingerprint density at radius 2 is 1.45 bits per heavy atom. The van der Waals surface area contributed by atoms with Crippen LogP contribution >= 0.6 is 0 Å². The van der Waals surface area contributed by atoms with E-state index in [1.807, 2.05) is 18.2 Å². The van der Waals surface area contributed by atoms with Crippen molar-refractivity contribution in [1.82, 2.24) is 15.1 Å². The van der Waals surface area contributed by atoms with Crippen LogP contribution in [0, 0.1) is 0 Å². The van der Waals surface area contributed by atoms with Gasteiger partial charge in [0.1, 0.15) is 0 Å². The van der Waals surface area contributed by atoms with E-state index < -0.39 is 11.8 Å². The second-order valence-electron chi connectivity index (χ2n) is 14.5. The molecule has 3 fully saturated rings. The maximum atomic E-state index is 14.6. The van der Waals surface area contributed by atoms with Gasteiger partial charge >= 0.3 is 0 Å². The minimum atomic E-state index is -0.552. The number of ketones is 1. The quantitative estimate of drug-likeness (QED) is 0.289. The summed E-state index contributed by atoms with van der Waals surface area (Å²) in [6.45, 7) is 3.61. The molecule has 3 aliphatic carbocycles. The fourth-order valence-electron chi connectivity index (χ4n) is 9.98. The van der Waals surface area contributed by atoms with Crippen molar-refractivity contribution < 1.29 is 19.2 Å². The van der Waals surface area contributed by atoms with Gasteiger partial charge < -0.3 is 15.1 Å². The standard InChI is InChI=1S/C39H38N4O4/c44-30-20-40-37(45)24-12-10-22-34-29(42-16-6-7-17-42)19-27-32-25(38(46)43(39(27)47)21-8-2-1-3-9-21)13-11-23(36(32)34)33-28(41-14-4-5-15-41)18-26(30)31(24)35(22)33/h10-13,18-19,21,24,27H,1-9,14-17,20H2,(H,40,45). The monoisotopic (exact) mass is 626 g/mol. The fraction of sp³-hybridized carbons (Fsp3) is 0.436. The summed E-state index contributed by atoms with van der Waals surface area (Å²) < 4.78 is 0. The van der Waals surface area contributed by atoms with Crippen molar-refractivity contribution in [3.05, 3.63) is 63.7 Å². The first-order valence-electron chi connectivity index (χ1n) is 17.7. The molecule has 0 bridgehead atoms. The summed E-state index contributed by atoms with van der Waals surface area (Å²) in [5, 5.41) is 6.90. The lowest BCUT2D eigenvalue weighted by Gasteiger charge is -2.42. The number of Topliss-reactive ketones (excluding diaryl/α,β-unsaturated/α-hetero) is 1. The number of anilines is 1. The molecular formula is C39H38N4O4. The lowest BCUT2D eigenvalue weighted by Crippen LogP contribution is -2.51. The van der Waals surface area contributed by atoms with E-state index in [0.29, 0.717) is 11.1 Å². The zero-order chi connectivity index (χ0) is 31.6. The van der Waals surface area contributed by atoms with Crippen LogP contribution in [0.1, 0.15) is 113 Å². The van der Waals surface area contributed by atoms with Crippen LogP contribution in [0.15, 0.2) is 30.4 Å².